The van der Waals surface area contributed by atoms with Gasteiger partial charge in [-0.3, -0.25) is 14.2 Å². The Bertz CT molecular complexity index is 651. The van der Waals surface area contributed by atoms with Gasteiger partial charge >= 0.3 is 0 Å². The van der Waals surface area contributed by atoms with Crippen LogP contribution in [0.3, 0.4) is 0 Å². The number of benzene rings is 1. The highest BCUT2D eigenvalue weighted by Gasteiger charge is 2.10. The monoisotopic (exact) mass is 265 g/mol. The summed E-state index contributed by atoms with van der Waals surface area (Å²) in [5.41, 5.74) is 5.50. The fourth-order valence-electron chi connectivity index (χ4n) is 1.77. The number of amides is 1. The third-order valence-electron chi connectivity index (χ3n) is 2.64. The quantitative estimate of drug-likeness (QED) is 0.838. The van der Waals surface area contributed by atoms with Crippen molar-refractivity contribution >= 4 is 28.4 Å². The van der Waals surface area contributed by atoms with Crippen molar-refractivity contribution in [1.82, 2.24) is 9.55 Å². The van der Waals surface area contributed by atoms with E-state index in [1.54, 1.807) is 24.3 Å². The van der Waals surface area contributed by atoms with Crippen LogP contribution in [0.25, 0.3) is 10.9 Å². The number of nitrogens with zero attached hydrogens (tertiary/aromatic N) is 2. The molecule has 1 aromatic carbocycles. The fourth-order valence-corrected chi connectivity index (χ4v) is 1.97. The number of rotatable bonds is 4. The topological polar surface area (TPSA) is 78.0 Å². The number of primary amides is 1. The van der Waals surface area contributed by atoms with Gasteiger partial charge in [0.1, 0.15) is 5.82 Å². The van der Waals surface area contributed by atoms with Gasteiger partial charge in [-0.25, -0.2) is 4.98 Å². The number of hydrogen-bond donors (Lipinski definition) is 1. The van der Waals surface area contributed by atoms with Gasteiger partial charge in [-0.1, -0.05) is 12.1 Å². The Morgan fingerprint density at radius 3 is 2.78 bits per heavy atom. The Kier molecular flexibility index (Phi) is 3.62. The van der Waals surface area contributed by atoms with Crippen molar-refractivity contribution in [2.75, 3.05) is 0 Å². The molecule has 6 heteroatoms. The molecule has 0 radical (unpaired) electrons. The minimum Gasteiger partial charge on any atom is -0.370 e. The summed E-state index contributed by atoms with van der Waals surface area (Å²) < 4.78 is 1.40. The maximum absolute atomic E-state index is 12.2. The summed E-state index contributed by atoms with van der Waals surface area (Å²) in [6, 6.07) is 7.03. The molecule has 0 saturated carbocycles. The van der Waals surface area contributed by atoms with E-state index in [4.69, 9.17) is 17.3 Å². The van der Waals surface area contributed by atoms with E-state index in [1.165, 1.54) is 4.57 Å². The van der Waals surface area contributed by atoms with Gasteiger partial charge in [0.2, 0.25) is 5.91 Å². The van der Waals surface area contributed by atoms with Crippen molar-refractivity contribution in [1.29, 1.82) is 0 Å². The normalized spacial score (nSPS) is 10.7. The molecule has 18 heavy (non-hydrogen) atoms. The number of halogens is 1. The van der Waals surface area contributed by atoms with E-state index in [9.17, 15) is 9.59 Å². The number of alkyl halides is 1. The second-order valence-corrected chi connectivity index (χ2v) is 4.12. The van der Waals surface area contributed by atoms with Crippen molar-refractivity contribution in [2.45, 2.75) is 18.8 Å². The minimum absolute atomic E-state index is 0.0871. The Morgan fingerprint density at radius 2 is 2.11 bits per heavy atom. The Morgan fingerprint density at radius 1 is 1.39 bits per heavy atom. The van der Waals surface area contributed by atoms with Crippen LogP contribution in [0.2, 0.25) is 0 Å². The molecule has 2 aromatic rings. The van der Waals surface area contributed by atoms with Crippen LogP contribution in [0, 0.1) is 0 Å². The third-order valence-corrected chi connectivity index (χ3v) is 2.88. The van der Waals surface area contributed by atoms with Crippen LogP contribution in [0.15, 0.2) is 29.1 Å². The molecule has 0 bridgehead atoms. The first-order valence-electron chi connectivity index (χ1n) is 5.46. The lowest BCUT2D eigenvalue weighted by Crippen LogP contribution is -2.27. The highest BCUT2D eigenvalue weighted by Crippen LogP contribution is 2.09. The SMILES string of the molecule is NC(=O)CCn1c(CCl)nc2ccccc2c1=O. The Balaban J connectivity index is 2.59. The maximum atomic E-state index is 12.2. The molecule has 0 aliphatic carbocycles. The molecule has 0 atom stereocenters. The lowest BCUT2D eigenvalue weighted by Gasteiger charge is -2.10. The van der Waals surface area contributed by atoms with Crippen LogP contribution >= 0.6 is 11.6 Å². The van der Waals surface area contributed by atoms with Gasteiger partial charge in [0, 0.05) is 13.0 Å². The largest absolute Gasteiger partial charge is 0.370 e. The van der Waals surface area contributed by atoms with Crippen LogP contribution < -0.4 is 11.3 Å². The number of nitrogens with two attached hydrogens (primary N) is 1. The Labute approximate surface area is 108 Å². The highest BCUT2D eigenvalue weighted by molar-refractivity contribution is 6.16. The summed E-state index contributed by atoms with van der Waals surface area (Å²) >= 11 is 5.78. The fraction of sp³-hybridized carbons (Fsp3) is 0.250. The van der Waals surface area contributed by atoms with Gasteiger partial charge in [0.15, 0.2) is 0 Å². The standard InChI is InChI=1S/C12H12ClN3O2/c13-7-11-15-9-4-2-1-3-8(9)12(18)16(11)6-5-10(14)17/h1-4H,5-7H2,(H2,14,17). The van der Waals surface area contributed by atoms with E-state index in [0.717, 1.165) is 0 Å². The van der Waals surface area contributed by atoms with E-state index in [0.29, 0.717) is 16.7 Å². The number of fused-ring (bicyclic) bond motifs is 1. The summed E-state index contributed by atoms with van der Waals surface area (Å²) in [6.07, 6.45) is 0.0871. The zero-order valence-corrected chi connectivity index (χ0v) is 10.4. The van der Waals surface area contributed by atoms with Crippen molar-refractivity contribution in [2.24, 2.45) is 5.73 Å². The van der Waals surface area contributed by atoms with Gasteiger partial charge in [-0.2, -0.15) is 0 Å². The molecule has 2 N–H and O–H groups in total. The smallest absolute Gasteiger partial charge is 0.261 e. The lowest BCUT2D eigenvalue weighted by atomic mass is 10.2. The molecule has 0 fully saturated rings. The van der Waals surface area contributed by atoms with Crippen molar-refractivity contribution < 1.29 is 4.79 Å². The van der Waals surface area contributed by atoms with Gasteiger partial charge in [0.25, 0.3) is 5.56 Å². The molecule has 5 nitrogen and oxygen atoms in total. The van der Waals surface area contributed by atoms with E-state index < -0.39 is 5.91 Å². The summed E-state index contributed by atoms with van der Waals surface area (Å²) in [6.45, 7) is 0.202. The molecule has 1 aromatic heterocycles. The summed E-state index contributed by atoms with van der Waals surface area (Å²) in [7, 11) is 0. The highest BCUT2D eigenvalue weighted by atomic mass is 35.5. The van der Waals surface area contributed by atoms with Gasteiger partial charge in [-0.05, 0) is 12.1 Å². The Hall–Kier alpha value is -1.88. The predicted octanol–water partition coefficient (Wildman–Crippen LogP) is 1.01. The molecule has 94 valence electrons. The van der Waals surface area contributed by atoms with Crippen LogP contribution in [0.5, 0.6) is 0 Å². The molecular weight excluding hydrogens is 254 g/mol. The molecule has 1 amide bonds. The molecule has 1 heterocycles. The average molecular weight is 266 g/mol. The van der Waals surface area contributed by atoms with Crippen LogP contribution in [0.4, 0.5) is 0 Å². The number of aromatic nitrogens is 2. The van der Waals surface area contributed by atoms with E-state index in [-0.39, 0.29) is 24.4 Å². The first-order chi connectivity index (χ1) is 8.63. The van der Waals surface area contributed by atoms with E-state index in [2.05, 4.69) is 4.98 Å². The van der Waals surface area contributed by atoms with Crippen LogP contribution in [-0.4, -0.2) is 15.5 Å². The van der Waals surface area contributed by atoms with Gasteiger partial charge < -0.3 is 5.73 Å². The number of hydrogen-bond acceptors (Lipinski definition) is 3. The lowest BCUT2D eigenvalue weighted by molar-refractivity contribution is -0.118. The van der Waals surface area contributed by atoms with Gasteiger partial charge in [-0.15, -0.1) is 11.6 Å². The zero-order valence-electron chi connectivity index (χ0n) is 9.60. The average Bonchev–Trinajstić information content (AvgIpc) is 2.37. The van der Waals surface area contributed by atoms with Crippen molar-refractivity contribution in [3.63, 3.8) is 0 Å². The van der Waals surface area contributed by atoms with E-state index >= 15 is 0 Å². The third kappa shape index (κ3) is 2.36. The molecule has 0 saturated heterocycles. The first kappa shape index (κ1) is 12.6. The first-order valence-corrected chi connectivity index (χ1v) is 5.99. The second-order valence-electron chi connectivity index (χ2n) is 3.85. The van der Waals surface area contributed by atoms with Gasteiger partial charge in [0.05, 0.1) is 16.8 Å². The maximum Gasteiger partial charge on any atom is 0.261 e. The predicted molar refractivity (Wildman–Crippen MR) is 69.4 cm³/mol. The summed E-state index contributed by atoms with van der Waals surface area (Å²) in [5, 5.41) is 0.510. The van der Waals surface area contributed by atoms with Crippen LogP contribution in [-0.2, 0) is 17.2 Å². The molecule has 0 spiro atoms. The van der Waals surface area contributed by atoms with E-state index in [1.807, 2.05) is 0 Å². The molecule has 2 rings (SSSR count). The summed E-state index contributed by atoms with van der Waals surface area (Å²) in [4.78, 5) is 27.3. The number of carbonyl (C=O) groups is 1. The van der Waals surface area contributed by atoms with Crippen LogP contribution in [0.1, 0.15) is 12.2 Å². The molecule has 0 aliphatic rings. The van der Waals surface area contributed by atoms with Crippen molar-refractivity contribution in [3.05, 3.63) is 40.4 Å². The number of para-hydroxylation sites is 1. The number of carbonyl (C=O) groups excluding carboxylic acids is 1. The molecule has 0 aliphatic heterocycles. The summed E-state index contributed by atoms with van der Waals surface area (Å²) in [5.74, 6) is 0.0935. The molecular formula is C12H12ClN3O2. The molecule has 0 unspecified atom stereocenters. The van der Waals surface area contributed by atoms with Crippen molar-refractivity contribution in [3.8, 4) is 0 Å². The minimum atomic E-state index is -0.462. The second kappa shape index (κ2) is 5.18. The zero-order chi connectivity index (χ0) is 13.1.